The van der Waals surface area contributed by atoms with Gasteiger partial charge in [0.15, 0.2) is 8.32 Å². The van der Waals surface area contributed by atoms with E-state index in [1.807, 2.05) is 27.9 Å². The summed E-state index contributed by atoms with van der Waals surface area (Å²) < 4.78 is 18.0. The molecule has 1 heterocycles. The molecule has 2 fully saturated rings. The molecule has 1 amide bonds. The van der Waals surface area contributed by atoms with Gasteiger partial charge >= 0.3 is 6.09 Å². The number of ether oxygens (including phenoxy) is 2. The van der Waals surface area contributed by atoms with Gasteiger partial charge in [-0.3, -0.25) is 4.90 Å². The van der Waals surface area contributed by atoms with Crippen LogP contribution in [0.5, 0.6) is 0 Å². The van der Waals surface area contributed by atoms with Crippen LogP contribution in [-0.4, -0.2) is 56.3 Å². The molecule has 0 spiro atoms. The zero-order chi connectivity index (χ0) is 23.7. The summed E-state index contributed by atoms with van der Waals surface area (Å²) in [5, 5.41) is 0.158. The molecule has 6 heteroatoms. The van der Waals surface area contributed by atoms with Gasteiger partial charge in [0.1, 0.15) is 5.60 Å². The zero-order valence-electron chi connectivity index (χ0n) is 22.0. The molecule has 1 saturated heterocycles. The minimum Gasteiger partial charge on any atom is -0.444 e. The van der Waals surface area contributed by atoms with Crippen LogP contribution < -0.4 is 0 Å². The highest BCUT2D eigenvalue weighted by Crippen LogP contribution is 2.44. The number of nitrogens with zero attached hydrogens (tertiary/aromatic N) is 1. The largest absolute Gasteiger partial charge is 0.444 e. The summed E-state index contributed by atoms with van der Waals surface area (Å²) in [5.74, 6) is 0.640. The van der Waals surface area contributed by atoms with Crippen LogP contribution in [-0.2, 0) is 13.9 Å². The Kier molecular flexibility index (Phi) is 8.36. The maximum absolute atomic E-state index is 13.4. The molecule has 1 saturated carbocycles. The second-order valence-electron chi connectivity index (χ2n) is 12.7. The van der Waals surface area contributed by atoms with Crippen LogP contribution in [0.4, 0.5) is 4.79 Å². The van der Waals surface area contributed by atoms with E-state index in [1.54, 1.807) is 0 Å². The number of carbonyl (C=O) groups excluding carboxylic acids is 1. The van der Waals surface area contributed by atoms with Crippen molar-refractivity contribution in [1.29, 1.82) is 0 Å². The molecule has 2 aliphatic rings. The topological polar surface area (TPSA) is 48.0 Å². The molecule has 1 unspecified atom stereocenters. The number of hydrogen-bond donors (Lipinski definition) is 0. The third kappa shape index (κ3) is 6.94. The molecule has 2 rings (SSSR count). The van der Waals surface area contributed by atoms with Crippen molar-refractivity contribution in [2.75, 3.05) is 13.7 Å². The Balaban J connectivity index is 2.16. The van der Waals surface area contributed by atoms with E-state index in [2.05, 4.69) is 45.7 Å². The lowest BCUT2D eigenvalue weighted by Gasteiger charge is -2.43. The Morgan fingerprint density at radius 1 is 1.03 bits per heavy atom. The monoisotopic (exact) mass is 455 g/mol. The van der Waals surface area contributed by atoms with Crippen molar-refractivity contribution in [2.45, 2.75) is 135 Å². The Labute approximate surface area is 192 Å². The number of rotatable bonds is 6. The third-order valence-corrected chi connectivity index (χ3v) is 12.4. The van der Waals surface area contributed by atoms with Crippen molar-refractivity contribution in [3.63, 3.8) is 0 Å². The normalized spacial score (nSPS) is 30.5. The van der Waals surface area contributed by atoms with Gasteiger partial charge < -0.3 is 13.9 Å². The lowest BCUT2D eigenvalue weighted by Crippen LogP contribution is -2.54. The summed E-state index contributed by atoms with van der Waals surface area (Å²) in [6, 6.07) is 0.0873. The Morgan fingerprint density at radius 3 is 2.10 bits per heavy atom. The molecule has 0 aromatic carbocycles. The molecule has 1 aliphatic carbocycles. The molecule has 31 heavy (non-hydrogen) atoms. The van der Waals surface area contributed by atoms with E-state index in [4.69, 9.17) is 13.9 Å². The second-order valence-corrected chi connectivity index (χ2v) is 17.5. The first kappa shape index (κ1) is 26.7. The first-order chi connectivity index (χ1) is 14.1. The van der Waals surface area contributed by atoms with Crippen LogP contribution in [0.25, 0.3) is 0 Å². The van der Waals surface area contributed by atoms with Gasteiger partial charge in [-0.05, 0) is 96.7 Å². The smallest absolute Gasteiger partial charge is 0.411 e. The maximum Gasteiger partial charge on any atom is 0.411 e. The predicted molar refractivity (Wildman–Crippen MR) is 130 cm³/mol. The van der Waals surface area contributed by atoms with E-state index in [-0.39, 0.29) is 22.7 Å². The summed E-state index contributed by atoms with van der Waals surface area (Å²) in [6.45, 7) is 20.1. The number of hydrogen-bond acceptors (Lipinski definition) is 4. The van der Waals surface area contributed by atoms with Crippen LogP contribution in [0.2, 0.25) is 18.1 Å². The molecule has 1 aliphatic heterocycles. The van der Waals surface area contributed by atoms with Gasteiger partial charge in [-0.25, -0.2) is 4.79 Å². The van der Waals surface area contributed by atoms with Gasteiger partial charge in [0, 0.05) is 12.6 Å². The van der Waals surface area contributed by atoms with Crippen molar-refractivity contribution in [3.8, 4) is 0 Å². The van der Waals surface area contributed by atoms with E-state index >= 15 is 0 Å². The fourth-order valence-corrected chi connectivity index (χ4v) is 5.96. The standard InChI is InChI=1S/C25H49NO4Si/c1-23(2,3)30-22(27)26-20(18-29-31(9,10)24(4,5)6)15-16-25(26,7)17-19-11-13-21(28-8)14-12-19/h19-21H,11-18H2,1-10H3/t19?,20-,21?,25?/m1/s1. The third-order valence-electron chi connectivity index (χ3n) is 7.85. The Bertz CT molecular complexity index is 602. The minimum atomic E-state index is -1.88. The van der Waals surface area contributed by atoms with Crippen LogP contribution in [0.15, 0.2) is 0 Å². The minimum absolute atomic E-state index is 0.0873. The average molecular weight is 456 g/mol. The van der Waals surface area contributed by atoms with E-state index in [0.717, 1.165) is 32.1 Å². The molecule has 0 aromatic heterocycles. The van der Waals surface area contributed by atoms with Gasteiger partial charge in [0.2, 0.25) is 0 Å². The number of likely N-dealkylation sites (tertiary alicyclic amines) is 1. The molecule has 0 aromatic rings. The van der Waals surface area contributed by atoms with Gasteiger partial charge in [-0.1, -0.05) is 20.8 Å². The first-order valence-electron chi connectivity index (χ1n) is 12.3. The number of carbonyl (C=O) groups is 1. The van der Waals surface area contributed by atoms with E-state index in [1.165, 1.54) is 12.8 Å². The first-order valence-corrected chi connectivity index (χ1v) is 15.2. The highest BCUT2D eigenvalue weighted by molar-refractivity contribution is 6.74. The lowest BCUT2D eigenvalue weighted by atomic mass is 9.78. The van der Waals surface area contributed by atoms with E-state index < -0.39 is 13.9 Å². The second kappa shape index (κ2) is 9.72. The molecular weight excluding hydrogens is 406 g/mol. The molecule has 0 radical (unpaired) electrons. The van der Waals surface area contributed by atoms with Crippen LogP contribution >= 0.6 is 0 Å². The van der Waals surface area contributed by atoms with Crippen molar-refractivity contribution >= 4 is 14.4 Å². The summed E-state index contributed by atoms with van der Waals surface area (Å²) >= 11 is 0. The van der Waals surface area contributed by atoms with Gasteiger partial charge in [-0.15, -0.1) is 0 Å². The molecule has 0 bridgehead atoms. The summed E-state index contributed by atoms with van der Waals surface area (Å²) in [4.78, 5) is 15.5. The van der Waals surface area contributed by atoms with Crippen molar-refractivity contribution in [3.05, 3.63) is 0 Å². The fraction of sp³-hybridized carbons (Fsp3) is 0.960. The predicted octanol–water partition coefficient (Wildman–Crippen LogP) is 6.76. The van der Waals surface area contributed by atoms with E-state index in [9.17, 15) is 4.79 Å². The van der Waals surface area contributed by atoms with Crippen LogP contribution in [0, 0.1) is 5.92 Å². The van der Waals surface area contributed by atoms with Gasteiger partial charge in [0.05, 0.1) is 18.8 Å². The van der Waals surface area contributed by atoms with Gasteiger partial charge in [0.25, 0.3) is 0 Å². The SMILES string of the molecule is COC1CCC(CC2(C)CC[C@H](CO[Si](C)(C)C(C)(C)C)N2C(=O)OC(C)(C)C)CC1. The van der Waals surface area contributed by atoms with Gasteiger partial charge in [-0.2, -0.15) is 0 Å². The van der Waals surface area contributed by atoms with Crippen molar-refractivity contribution in [2.24, 2.45) is 5.92 Å². The summed E-state index contributed by atoms with van der Waals surface area (Å²) in [5.41, 5.74) is -0.670. The van der Waals surface area contributed by atoms with E-state index in [0.29, 0.717) is 18.6 Å². The fourth-order valence-electron chi connectivity index (χ4n) is 4.92. The quantitative estimate of drug-likeness (QED) is 0.415. The van der Waals surface area contributed by atoms with Crippen LogP contribution in [0.3, 0.4) is 0 Å². The summed E-state index contributed by atoms with van der Waals surface area (Å²) in [7, 11) is -0.0571. The summed E-state index contributed by atoms with van der Waals surface area (Å²) in [6.07, 6.45) is 7.88. The van der Waals surface area contributed by atoms with Crippen molar-refractivity contribution in [1.82, 2.24) is 4.90 Å². The zero-order valence-corrected chi connectivity index (χ0v) is 23.0. The molecule has 0 N–H and O–H groups in total. The number of methoxy groups -OCH3 is 1. The number of amides is 1. The van der Waals surface area contributed by atoms with Crippen molar-refractivity contribution < 1.29 is 18.7 Å². The molecule has 5 nitrogen and oxygen atoms in total. The molecule has 2 atom stereocenters. The Hall–Kier alpha value is -0.593. The Morgan fingerprint density at radius 2 is 1.61 bits per heavy atom. The van der Waals surface area contributed by atoms with Crippen LogP contribution in [0.1, 0.15) is 93.4 Å². The maximum atomic E-state index is 13.4. The average Bonchev–Trinajstić information content (AvgIpc) is 2.94. The molecule has 182 valence electrons. The molecular formula is C25H49NO4Si. The lowest BCUT2D eigenvalue weighted by molar-refractivity contribution is -0.0133. The highest BCUT2D eigenvalue weighted by Gasteiger charge is 2.49. The highest BCUT2D eigenvalue weighted by atomic mass is 28.4.